The van der Waals surface area contributed by atoms with Crippen molar-refractivity contribution in [3.05, 3.63) is 12.2 Å². The third kappa shape index (κ3) is 4.76. The normalized spacial score (nSPS) is 19.2. The average molecular weight is 210 g/mol. The number of unbranched alkanes of at least 4 members (excludes halogenated alkanes) is 1. The third-order valence-electron chi connectivity index (χ3n) is 1.13. The molecule has 0 bridgehead atoms. The Morgan fingerprint density at radius 2 is 1.83 bits per heavy atom. The molecular formula is C6H10O4S2-2. The molecule has 2 atom stereocenters. The molecule has 12 heavy (non-hydrogen) atoms. The molecule has 0 rings (SSSR count). The highest BCUT2D eigenvalue weighted by atomic mass is 32.3. The summed E-state index contributed by atoms with van der Waals surface area (Å²) in [7, 11) is 0. The zero-order valence-electron chi connectivity index (χ0n) is 6.60. The second kappa shape index (κ2) is 6.47. The summed E-state index contributed by atoms with van der Waals surface area (Å²) in [5.74, 6) is 0. The van der Waals surface area contributed by atoms with E-state index in [1.807, 2.05) is 6.92 Å². The molecule has 0 aromatic rings. The highest BCUT2D eigenvalue weighted by Gasteiger charge is 2.03. The first-order valence-electron chi connectivity index (χ1n) is 3.42. The Labute approximate surface area is 76.6 Å². The minimum absolute atomic E-state index is 0.685. The fourth-order valence-corrected chi connectivity index (χ4v) is 1.56. The van der Waals surface area contributed by atoms with Gasteiger partial charge in [0, 0.05) is 0 Å². The van der Waals surface area contributed by atoms with Crippen LogP contribution < -0.4 is 0 Å². The van der Waals surface area contributed by atoms with Crippen LogP contribution >= 0.6 is 0 Å². The molecule has 0 aliphatic rings. The quantitative estimate of drug-likeness (QED) is 0.486. The summed E-state index contributed by atoms with van der Waals surface area (Å²) in [6, 6.07) is 0. The molecule has 0 fully saturated rings. The van der Waals surface area contributed by atoms with Gasteiger partial charge in [0.25, 0.3) is 0 Å². The van der Waals surface area contributed by atoms with Crippen LogP contribution in [0.3, 0.4) is 0 Å². The molecule has 0 N–H and O–H groups in total. The Balaban J connectivity index is 4.14. The molecule has 2 unspecified atom stereocenters. The average Bonchev–Trinajstić information content (AvgIpc) is 1.96. The van der Waals surface area contributed by atoms with Crippen molar-refractivity contribution in [2.45, 2.75) is 24.3 Å². The molecule has 0 saturated heterocycles. The van der Waals surface area contributed by atoms with Gasteiger partial charge >= 0.3 is 0 Å². The Hall–Kier alpha value is -0.0400. The fourth-order valence-electron chi connectivity index (χ4n) is 0.566. The lowest BCUT2D eigenvalue weighted by Crippen LogP contribution is -2.17. The van der Waals surface area contributed by atoms with Crippen LogP contribution in [0.1, 0.15) is 19.8 Å². The van der Waals surface area contributed by atoms with Crippen LogP contribution in [0.2, 0.25) is 0 Å². The van der Waals surface area contributed by atoms with Crippen LogP contribution in [0.4, 0.5) is 0 Å². The van der Waals surface area contributed by atoms with Gasteiger partial charge in [0.05, 0.1) is 0 Å². The molecule has 0 heterocycles. The number of hydrogen-bond donors (Lipinski definition) is 0. The Morgan fingerprint density at radius 3 is 2.17 bits per heavy atom. The van der Waals surface area contributed by atoms with Gasteiger partial charge in [-0.15, -0.1) is 0 Å². The molecule has 6 heteroatoms. The minimum Gasteiger partial charge on any atom is -0.771 e. The molecule has 0 radical (unpaired) electrons. The van der Waals surface area contributed by atoms with Crippen molar-refractivity contribution in [3.63, 3.8) is 0 Å². The second-order valence-corrected chi connectivity index (χ2v) is 4.46. The SMILES string of the molecule is CCCC=CC(S(=O)[O-])S(=O)[O-]. The first-order valence-corrected chi connectivity index (χ1v) is 5.70. The predicted molar refractivity (Wildman–Crippen MR) is 45.7 cm³/mol. The molecule has 0 aliphatic carbocycles. The van der Waals surface area contributed by atoms with Crippen molar-refractivity contribution in [2.24, 2.45) is 0 Å². The monoisotopic (exact) mass is 210 g/mol. The zero-order chi connectivity index (χ0) is 9.56. The number of hydrogen-bond acceptors (Lipinski definition) is 4. The van der Waals surface area contributed by atoms with Gasteiger partial charge in [-0.1, -0.05) is 25.5 Å². The van der Waals surface area contributed by atoms with E-state index in [0.717, 1.165) is 6.42 Å². The van der Waals surface area contributed by atoms with Crippen LogP contribution in [-0.2, 0) is 22.2 Å². The molecule has 0 aromatic heterocycles. The first-order chi connectivity index (χ1) is 5.59. The van der Waals surface area contributed by atoms with E-state index in [9.17, 15) is 17.5 Å². The predicted octanol–water partition coefficient (Wildman–Crippen LogP) is 0.427. The van der Waals surface area contributed by atoms with Crippen molar-refractivity contribution in [1.82, 2.24) is 0 Å². The van der Waals surface area contributed by atoms with Crippen LogP contribution in [0.15, 0.2) is 12.2 Å². The second-order valence-electron chi connectivity index (χ2n) is 2.11. The van der Waals surface area contributed by atoms with E-state index in [2.05, 4.69) is 0 Å². The summed E-state index contributed by atoms with van der Waals surface area (Å²) in [5.41, 5.74) is 0. The topological polar surface area (TPSA) is 80.3 Å². The van der Waals surface area contributed by atoms with Gasteiger partial charge in [-0.25, -0.2) is 0 Å². The van der Waals surface area contributed by atoms with Crippen LogP contribution in [-0.4, -0.2) is 22.1 Å². The lowest BCUT2D eigenvalue weighted by molar-refractivity contribution is 0.520. The van der Waals surface area contributed by atoms with E-state index in [1.165, 1.54) is 6.08 Å². The summed E-state index contributed by atoms with van der Waals surface area (Å²) in [5, 5.41) is 0. The van der Waals surface area contributed by atoms with Gasteiger partial charge in [-0.05, 0) is 28.6 Å². The van der Waals surface area contributed by atoms with Gasteiger partial charge in [0.1, 0.15) is 4.58 Å². The van der Waals surface area contributed by atoms with Gasteiger partial charge in [0.15, 0.2) is 0 Å². The standard InChI is InChI=1S/C6H12O4S2/c1-2-3-4-5-6(11(7)8)12(9)10/h4-6H,2-3H2,1H3,(H,7,8)(H,9,10)/p-2. The van der Waals surface area contributed by atoms with Crippen molar-refractivity contribution in [1.29, 1.82) is 0 Å². The van der Waals surface area contributed by atoms with Gasteiger partial charge in [-0.3, -0.25) is 8.42 Å². The highest BCUT2D eigenvalue weighted by Crippen LogP contribution is 2.01. The zero-order valence-corrected chi connectivity index (χ0v) is 8.23. The van der Waals surface area contributed by atoms with E-state index in [-0.39, 0.29) is 0 Å². The largest absolute Gasteiger partial charge is 0.771 e. The van der Waals surface area contributed by atoms with Crippen molar-refractivity contribution >= 4 is 22.2 Å². The van der Waals surface area contributed by atoms with E-state index in [1.54, 1.807) is 6.08 Å². The van der Waals surface area contributed by atoms with E-state index < -0.39 is 26.7 Å². The van der Waals surface area contributed by atoms with Crippen molar-refractivity contribution in [3.8, 4) is 0 Å². The molecule has 0 aliphatic heterocycles. The lowest BCUT2D eigenvalue weighted by atomic mass is 10.3. The fraction of sp³-hybridized carbons (Fsp3) is 0.667. The van der Waals surface area contributed by atoms with Crippen LogP contribution in [0.5, 0.6) is 0 Å². The first kappa shape index (κ1) is 12.0. The number of rotatable bonds is 5. The van der Waals surface area contributed by atoms with Crippen LogP contribution in [0, 0.1) is 0 Å². The van der Waals surface area contributed by atoms with Gasteiger partial charge in [-0.2, -0.15) is 0 Å². The summed E-state index contributed by atoms with van der Waals surface area (Å²) in [6.45, 7) is 1.92. The molecule has 0 spiro atoms. The molecule has 4 nitrogen and oxygen atoms in total. The maximum atomic E-state index is 10.3. The molecular weight excluding hydrogens is 200 g/mol. The molecule has 0 amide bonds. The maximum absolute atomic E-state index is 10.3. The Kier molecular flexibility index (Phi) is 6.45. The summed E-state index contributed by atoms with van der Waals surface area (Å²) >= 11 is -5.17. The van der Waals surface area contributed by atoms with Gasteiger partial charge in [0.2, 0.25) is 0 Å². The van der Waals surface area contributed by atoms with E-state index in [0.29, 0.717) is 6.42 Å². The maximum Gasteiger partial charge on any atom is 0.102 e. The number of allylic oxidation sites excluding steroid dienone is 1. The summed E-state index contributed by atoms with van der Waals surface area (Å²) in [4.78, 5) is 0. The Bertz CT molecular complexity index is 188. The van der Waals surface area contributed by atoms with E-state index >= 15 is 0 Å². The van der Waals surface area contributed by atoms with E-state index in [4.69, 9.17) is 0 Å². The summed E-state index contributed by atoms with van der Waals surface area (Å²) in [6.07, 6.45) is 4.27. The third-order valence-corrected chi connectivity index (χ3v) is 3.14. The lowest BCUT2D eigenvalue weighted by Gasteiger charge is -2.18. The highest BCUT2D eigenvalue weighted by molar-refractivity contribution is 7.97. The molecule has 0 saturated carbocycles. The molecule has 0 aromatic carbocycles. The summed E-state index contributed by atoms with van der Waals surface area (Å²) < 4.78 is 39.8. The van der Waals surface area contributed by atoms with Crippen molar-refractivity contribution in [2.75, 3.05) is 0 Å². The minimum atomic E-state index is -2.59. The van der Waals surface area contributed by atoms with Crippen molar-refractivity contribution < 1.29 is 17.5 Å². The van der Waals surface area contributed by atoms with Gasteiger partial charge < -0.3 is 9.11 Å². The Morgan fingerprint density at radius 1 is 1.33 bits per heavy atom. The smallest absolute Gasteiger partial charge is 0.102 e. The van der Waals surface area contributed by atoms with Crippen LogP contribution in [0.25, 0.3) is 0 Å². The molecule has 72 valence electrons.